The Morgan fingerprint density at radius 2 is 1.75 bits per heavy atom. The third-order valence-corrected chi connectivity index (χ3v) is 13.3. The molecule has 60 heavy (non-hydrogen) atoms. The fraction of sp³-hybridized carbons (Fsp3) is 0.568. The highest BCUT2D eigenvalue weighted by molar-refractivity contribution is 7.14. The van der Waals surface area contributed by atoms with Crippen LogP contribution in [0.1, 0.15) is 97.0 Å². The average molecular weight is 844 g/mol. The summed E-state index contributed by atoms with van der Waals surface area (Å²) in [5.41, 5.74) is 0.181. The van der Waals surface area contributed by atoms with Gasteiger partial charge in [0.1, 0.15) is 40.9 Å². The number of ether oxygens (including phenoxy) is 2. The highest BCUT2D eigenvalue weighted by Gasteiger charge is 2.61. The molecule has 3 aliphatic carbocycles. The van der Waals surface area contributed by atoms with Gasteiger partial charge >= 0.3 is 12.0 Å². The van der Waals surface area contributed by atoms with E-state index < -0.39 is 58.9 Å². The van der Waals surface area contributed by atoms with Gasteiger partial charge in [-0.1, -0.05) is 52.5 Å². The number of nitrogens with zero attached hydrogens (tertiary/aromatic N) is 3. The van der Waals surface area contributed by atoms with Crippen LogP contribution in [-0.2, 0) is 19.2 Å². The van der Waals surface area contributed by atoms with Crippen molar-refractivity contribution in [3.05, 3.63) is 41.8 Å². The number of fused-ring (bicyclic) bond motifs is 1. The zero-order valence-corrected chi connectivity index (χ0v) is 35.9. The molecule has 0 bridgehead atoms. The molecule has 1 aromatic carbocycles. The third kappa shape index (κ3) is 9.22. The van der Waals surface area contributed by atoms with Crippen LogP contribution in [0.25, 0.3) is 22.3 Å². The number of pyridine rings is 1. The predicted octanol–water partition coefficient (Wildman–Crippen LogP) is 6.34. The summed E-state index contributed by atoms with van der Waals surface area (Å²) >= 11 is 1.31. The number of aliphatic carboxylic acids is 1. The summed E-state index contributed by atoms with van der Waals surface area (Å²) in [4.78, 5) is 78.6. The van der Waals surface area contributed by atoms with E-state index in [4.69, 9.17) is 19.4 Å². The van der Waals surface area contributed by atoms with Gasteiger partial charge in [0, 0.05) is 41.6 Å². The monoisotopic (exact) mass is 843 g/mol. The maximum Gasteiger partial charge on any atom is 0.330 e. The van der Waals surface area contributed by atoms with Crippen molar-refractivity contribution in [2.75, 3.05) is 19.0 Å². The van der Waals surface area contributed by atoms with Crippen LogP contribution in [0.5, 0.6) is 11.5 Å². The summed E-state index contributed by atoms with van der Waals surface area (Å²) in [7, 11) is 1.58. The number of carboxylic acids is 1. The van der Waals surface area contributed by atoms with Gasteiger partial charge in [-0.25, -0.2) is 19.6 Å². The molecule has 4 aliphatic rings. The van der Waals surface area contributed by atoms with E-state index in [0.717, 1.165) is 56.9 Å². The number of amides is 5. The molecular weight excluding hydrogens is 787 g/mol. The second-order valence-electron chi connectivity index (χ2n) is 18.0. The number of urea groups is 1. The Labute approximate surface area is 354 Å². The molecule has 2 aromatic heterocycles. The Balaban J connectivity index is 1.19. The molecule has 15 nitrogen and oxygen atoms in total. The number of methoxy groups -OCH3 is 1. The van der Waals surface area contributed by atoms with Crippen LogP contribution in [0.3, 0.4) is 0 Å². The molecular formula is C44H57N7O8S. The fourth-order valence-corrected chi connectivity index (χ4v) is 9.71. The van der Waals surface area contributed by atoms with Crippen molar-refractivity contribution in [2.24, 2.45) is 17.3 Å². The standard InChI is InChI=1S/C44H57N7O8S/c1-7-26-21-44(26,40(55)56)50-38(53)33-18-28(22-51(33)39(54)37(43(3,4)5)49-41(57)45-27-14-10-11-15-27)59-35-20-31(46-30-16-24(2)34(58-6)19-29(30)35)32-23-60-42(47-32)48-36(52)17-25-12-8-9-13-25/h7,16,19-20,23,25-28,33,37H,1,8-15,17-18,21-22H2,2-6H3,(H,50,53)(H,55,56)(H2,45,49,57)(H,47,48,52)/t26-,28-,33+,37-,44-/m1/s1. The Bertz CT molecular complexity index is 2160. The molecule has 1 aliphatic heterocycles. The summed E-state index contributed by atoms with van der Waals surface area (Å²) < 4.78 is 12.4. The number of rotatable bonds is 14. The minimum atomic E-state index is -1.53. The van der Waals surface area contributed by atoms with Crippen molar-refractivity contribution < 1.29 is 38.6 Å². The normalized spacial score (nSPS) is 23.6. The summed E-state index contributed by atoms with van der Waals surface area (Å²) in [6, 6.07) is 2.88. The number of benzene rings is 1. The number of hydrogen-bond acceptors (Lipinski definition) is 10. The molecule has 322 valence electrons. The van der Waals surface area contributed by atoms with Gasteiger partial charge in [-0.15, -0.1) is 17.9 Å². The molecule has 5 N–H and O–H groups in total. The van der Waals surface area contributed by atoms with Gasteiger partial charge in [0.25, 0.3) is 0 Å². The van der Waals surface area contributed by atoms with Crippen LogP contribution >= 0.6 is 11.3 Å². The molecule has 3 aromatic rings. The number of aryl methyl sites for hydroxylation is 1. The molecule has 16 heteroatoms. The van der Waals surface area contributed by atoms with Crippen LogP contribution < -0.4 is 30.7 Å². The van der Waals surface area contributed by atoms with Crippen molar-refractivity contribution in [2.45, 2.75) is 128 Å². The number of nitrogens with one attached hydrogen (secondary N) is 4. The van der Waals surface area contributed by atoms with E-state index in [2.05, 4.69) is 27.8 Å². The lowest BCUT2D eigenvalue weighted by Gasteiger charge is -2.35. The molecule has 5 atom stereocenters. The number of carboxylic acid groups (broad SMARTS) is 1. The van der Waals surface area contributed by atoms with Gasteiger partial charge in [0.05, 0.1) is 24.9 Å². The average Bonchev–Trinajstić information content (AvgIpc) is 3.83. The third-order valence-electron chi connectivity index (χ3n) is 12.5. The van der Waals surface area contributed by atoms with Gasteiger partial charge in [-0.3, -0.25) is 14.4 Å². The van der Waals surface area contributed by atoms with E-state index in [-0.39, 0.29) is 31.3 Å². The van der Waals surface area contributed by atoms with Gasteiger partial charge in [0.15, 0.2) is 5.13 Å². The van der Waals surface area contributed by atoms with Crippen LogP contribution in [0.15, 0.2) is 36.2 Å². The fourth-order valence-electron chi connectivity index (χ4n) is 8.99. The van der Waals surface area contributed by atoms with Gasteiger partial charge < -0.3 is 40.7 Å². The highest BCUT2D eigenvalue weighted by Crippen LogP contribution is 2.45. The summed E-state index contributed by atoms with van der Waals surface area (Å²) in [5.74, 6) is -1.42. The smallest absolute Gasteiger partial charge is 0.330 e. The summed E-state index contributed by atoms with van der Waals surface area (Å²) in [5, 5.41) is 24.7. The Morgan fingerprint density at radius 1 is 1.03 bits per heavy atom. The van der Waals surface area contributed by atoms with Crippen LogP contribution in [0.2, 0.25) is 0 Å². The highest BCUT2D eigenvalue weighted by atomic mass is 32.1. The van der Waals surface area contributed by atoms with Crippen LogP contribution in [0.4, 0.5) is 9.93 Å². The lowest BCUT2D eigenvalue weighted by atomic mass is 9.85. The molecule has 3 saturated carbocycles. The van der Waals surface area contributed by atoms with Crippen LogP contribution in [-0.4, -0.2) is 93.1 Å². The second kappa shape index (κ2) is 17.4. The first-order chi connectivity index (χ1) is 28.6. The summed E-state index contributed by atoms with van der Waals surface area (Å²) in [6.45, 7) is 11.1. The van der Waals surface area contributed by atoms with E-state index in [1.807, 2.05) is 45.2 Å². The first kappa shape index (κ1) is 42.9. The van der Waals surface area contributed by atoms with E-state index in [0.29, 0.717) is 51.3 Å². The predicted molar refractivity (Wildman–Crippen MR) is 228 cm³/mol. The largest absolute Gasteiger partial charge is 0.496 e. The second-order valence-corrected chi connectivity index (χ2v) is 18.8. The molecule has 5 amide bonds. The van der Waals surface area contributed by atoms with Crippen LogP contribution in [0, 0.1) is 24.2 Å². The van der Waals surface area contributed by atoms with Crippen molar-refractivity contribution in [3.63, 3.8) is 0 Å². The zero-order chi connectivity index (χ0) is 42.9. The number of aromatic nitrogens is 2. The number of carbonyl (C=O) groups is 5. The van der Waals surface area contributed by atoms with E-state index in [9.17, 15) is 29.1 Å². The van der Waals surface area contributed by atoms with Crippen molar-refractivity contribution in [3.8, 4) is 22.9 Å². The number of carbonyl (C=O) groups excluding carboxylic acids is 4. The van der Waals surface area contributed by atoms with Crippen molar-refractivity contribution in [1.82, 2.24) is 30.8 Å². The maximum atomic E-state index is 14.7. The first-order valence-corrected chi connectivity index (χ1v) is 21.9. The minimum absolute atomic E-state index is 0.0195. The molecule has 0 spiro atoms. The number of thiazole rings is 1. The minimum Gasteiger partial charge on any atom is -0.496 e. The Morgan fingerprint density at radius 3 is 2.40 bits per heavy atom. The van der Waals surface area contributed by atoms with E-state index >= 15 is 0 Å². The molecule has 0 radical (unpaired) electrons. The molecule has 3 heterocycles. The number of hydrogen-bond donors (Lipinski definition) is 5. The lowest BCUT2D eigenvalue weighted by molar-refractivity contribution is -0.146. The zero-order valence-electron chi connectivity index (χ0n) is 35.1. The Kier molecular flexibility index (Phi) is 12.4. The first-order valence-electron chi connectivity index (χ1n) is 21.1. The SMILES string of the molecule is C=C[C@@H]1C[C@]1(NC(=O)[C@@H]1C[C@@H](Oc2cc(-c3csc(NC(=O)CC4CCCC4)n3)nc3cc(C)c(OC)cc23)CN1C(=O)[C@@H](NC(=O)NC1CCCC1)C(C)(C)C)C(=O)O. The molecule has 1 saturated heterocycles. The number of anilines is 1. The van der Waals surface area contributed by atoms with Gasteiger partial charge in [-0.2, -0.15) is 0 Å². The van der Waals surface area contributed by atoms with Crippen molar-refractivity contribution >= 4 is 57.1 Å². The van der Waals surface area contributed by atoms with Gasteiger partial charge in [-0.05, 0) is 68.1 Å². The molecule has 0 unspecified atom stereocenters. The number of likely N-dealkylation sites (tertiary alicyclic amines) is 1. The Hall–Kier alpha value is -5.25. The van der Waals surface area contributed by atoms with E-state index in [1.54, 1.807) is 13.2 Å². The maximum absolute atomic E-state index is 14.7. The van der Waals surface area contributed by atoms with Crippen molar-refractivity contribution in [1.29, 1.82) is 0 Å². The molecule has 4 fully saturated rings. The lowest BCUT2D eigenvalue weighted by Crippen LogP contribution is -2.60. The molecule has 7 rings (SSSR count). The summed E-state index contributed by atoms with van der Waals surface area (Å²) in [6.07, 6.45) is 9.66. The van der Waals surface area contributed by atoms with Gasteiger partial charge in [0.2, 0.25) is 17.7 Å². The van der Waals surface area contributed by atoms with E-state index in [1.165, 1.54) is 22.3 Å². The topological polar surface area (TPSA) is 201 Å². The quantitative estimate of drug-likeness (QED) is 0.114.